The largest absolute Gasteiger partial charge is 0.418 e. The third kappa shape index (κ3) is 4.48. The highest BCUT2D eigenvalue weighted by Gasteiger charge is 2.34. The van der Waals surface area contributed by atoms with Crippen molar-refractivity contribution < 1.29 is 18.0 Å². The highest BCUT2D eigenvalue weighted by Crippen LogP contribution is 2.33. The van der Waals surface area contributed by atoms with Crippen LogP contribution >= 0.6 is 0 Å². The zero-order valence-electron chi connectivity index (χ0n) is 14.5. The average Bonchev–Trinajstić information content (AvgIpc) is 2.51. The Bertz CT molecular complexity index is 883. The Balaban J connectivity index is 2.54. The minimum atomic E-state index is -4.61. The number of hydrogen-bond donors (Lipinski definition) is 2. The summed E-state index contributed by atoms with van der Waals surface area (Å²) in [6.07, 6.45) is -4.61. The zero-order valence-corrected chi connectivity index (χ0v) is 14.5. The molecule has 0 spiro atoms. The molecule has 6 nitrogen and oxygen atoms in total. The molecule has 0 aliphatic heterocycles. The molecule has 0 bridgehead atoms. The molecule has 1 heterocycles. The summed E-state index contributed by atoms with van der Waals surface area (Å²) >= 11 is 0. The summed E-state index contributed by atoms with van der Waals surface area (Å²) < 4.78 is 40.7. The van der Waals surface area contributed by atoms with Crippen LogP contribution < -0.4 is 16.5 Å². The number of carbonyl (C=O) groups is 1. The lowest BCUT2D eigenvalue weighted by Crippen LogP contribution is -2.46. The van der Waals surface area contributed by atoms with Gasteiger partial charge < -0.3 is 11.1 Å². The number of halogens is 3. The molecule has 1 amide bonds. The molecule has 0 aliphatic rings. The predicted octanol–water partition coefficient (Wildman–Crippen LogP) is 2.03. The summed E-state index contributed by atoms with van der Waals surface area (Å²) in [5.41, 5.74) is 2.84. The minimum Gasteiger partial charge on any atom is -0.349 e. The highest BCUT2D eigenvalue weighted by atomic mass is 19.4. The van der Waals surface area contributed by atoms with E-state index in [4.69, 9.17) is 5.73 Å². The highest BCUT2D eigenvalue weighted by molar-refractivity contribution is 5.92. The number of nitrogens with zero attached hydrogens (tertiary/aromatic N) is 2. The van der Waals surface area contributed by atoms with Crippen molar-refractivity contribution >= 4 is 5.91 Å². The third-order valence-corrected chi connectivity index (χ3v) is 3.46. The Morgan fingerprint density at radius 1 is 1.27 bits per heavy atom. The van der Waals surface area contributed by atoms with Crippen LogP contribution in [0.15, 0.2) is 35.1 Å². The van der Waals surface area contributed by atoms with Gasteiger partial charge in [-0.05, 0) is 32.9 Å². The second kappa shape index (κ2) is 6.91. The summed E-state index contributed by atoms with van der Waals surface area (Å²) in [6, 6.07) is 5.87. The summed E-state index contributed by atoms with van der Waals surface area (Å²) in [4.78, 5) is 24.3. The van der Waals surface area contributed by atoms with Gasteiger partial charge in [0.1, 0.15) is 0 Å². The second-order valence-electron chi connectivity index (χ2n) is 6.60. The normalized spacial score (nSPS) is 12.1. The maximum atomic E-state index is 13.3. The van der Waals surface area contributed by atoms with E-state index in [2.05, 4.69) is 10.4 Å². The molecule has 26 heavy (non-hydrogen) atoms. The quantitative estimate of drug-likeness (QED) is 0.864. The Morgan fingerprint density at radius 2 is 1.88 bits per heavy atom. The van der Waals surface area contributed by atoms with Gasteiger partial charge in [0.2, 0.25) is 5.43 Å². The van der Waals surface area contributed by atoms with Crippen molar-refractivity contribution in [2.45, 2.75) is 32.5 Å². The number of hydrogen-bond acceptors (Lipinski definition) is 4. The molecule has 1 aromatic heterocycles. The van der Waals surface area contributed by atoms with E-state index in [0.717, 1.165) is 16.8 Å². The van der Waals surface area contributed by atoms with E-state index in [1.165, 1.54) is 25.1 Å². The number of alkyl halides is 3. The smallest absolute Gasteiger partial charge is 0.349 e. The Labute approximate surface area is 147 Å². The average molecular weight is 368 g/mol. The van der Waals surface area contributed by atoms with Crippen LogP contribution in [0.4, 0.5) is 13.2 Å². The molecule has 9 heteroatoms. The van der Waals surface area contributed by atoms with Gasteiger partial charge in [0.25, 0.3) is 5.91 Å². The van der Waals surface area contributed by atoms with Crippen LogP contribution in [0.3, 0.4) is 0 Å². The van der Waals surface area contributed by atoms with Gasteiger partial charge in [-0.15, -0.1) is 0 Å². The third-order valence-electron chi connectivity index (χ3n) is 3.46. The van der Waals surface area contributed by atoms with Gasteiger partial charge in [0.05, 0.1) is 11.3 Å². The van der Waals surface area contributed by atoms with E-state index in [1.54, 1.807) is 13.8 Å². The first kappa shape index (κ1) is 19.6. The van der Waals surface area contributed by atoms with Crippen molar-refractivity contribution in [2.75, 3.05) is 6.54 Å². The van der Waals surface area contributed by atoms with Crippen LogP contribution in [-0.4, -0.2) is 27.8 Å². The molecule has 0 radical (unpaired) electrons. The SMILES string of the molecule is Cc1cc(=O)c(C(=O)NCC(C)(C)N)nn1-c1ccccc1C(F)(F)F. The molecule has 0 atom stereocenters. The molecule has 3 N–H and O–H groups in total. The molecular formula is C17H19F3N4O2. The molecule has 140 valence electrons. The fourth-order valence-corrected chi connectivity index (χ4v) is 2.24. The number of nitrogens with one attached hydrogen (secondary N) is 1. The first-order valence-electron chi connectivity index (χ1n) is 7.75. The number of para-hydroxylation sites is 1. The molecular weight excluding hydrogens is 349 g/mol. The maximum Gasteiger partial charge on any atom is 0.418 e. The predicted molar refractivity (Wildman–Crippen MR) is 90.2 cm³/mol. The van der Waals surface area contributed by atoms with Gasteiger partial charge in [-0.25, -0.2) is 4.68 Å². The van der Waals surface area contributed by atoms with Crippen molar-refractivity contribution in [3.8, 4) is 5.69 Å². The van der Waals surface area contributed by atoms with Gasteiger partial charge in [0, 0.05) is 23.8 Å². The lowest BCUT2D eigenvalue weighted by molar-refractivity contribution is -0.137. The fourth-order valence-electron chi connectivity index (χ4n) is 2.24. The number of rotatable bonds is 4. The Hall–Kier alpha value is -2.68. The van der Waals surface area contributed by atoms with Crippen LogP contribution in [-0.2, 0) is 6.18 Å². The van der Waals surface area contributed by atoms with Crippen molar-refractivity contribution in [3.05, 3.63) is 57.5 Å². The molecule has 0 fully saturated rings. The Kier molecular flexibility index (Phi) is 5.22. The Morgan fingerprint density at radius 3 is 2.46 bits per heavy atom. The van der Waals surface area contributed by atoms with Gasteiger partial charge >= 0.3 is 6.18 Å². The minimum absolute atomic E-state index is 0.0694. The van der Waals surface area contributed by atoms with E-state index in [9.17, 15) is 22.8 Å². The van der Waals surface area contributed by atoms with Crippen molar-refractivity contribution in [3.63, 3.8) is 0 Å². The molecule has 0 saturated heterocycles. The van der Waals surface area contributed by atoms with Gasteiger partial charge in [0.15, 0.2) is 5.69 Å². The number of benzene rings is 1. The summed E-state index contributed by atoms with van der Waals surface area (Å²) in [6.45, 7) is 4.85. The van der Waals surface area contributed by atoms with Gasteiger partial charge in [-0.3, -0.25) is 9.59 Å². The summed E-state index contributed by atoms with van der Waals surface area (Å²) in [5, 5.41) is 6.33. The van der Waals surface area contributed by atoms with Gasteiger partial charge in [-0.2, -0.15) is 18.3 Å². The summed E-state index contributed by atoms with van der Waals surface area (Å²) in [5.74, 6) is -0.799. The number of carbonyl (C=O) groups excluding carboxylic acids is 1. The van der Waals surface area contributed by atoms with Crippen LogP contribution in [0.1, 0.15) is 35.6 Å². The van der Waals surface area contributed by atoms with Crippen molar-refractivity contribution in [2.24, 2.45) is 5.73 Å². The first-order valence-corrected chi connectivity index (χ1v) is 7.75. The van der Waals surface area contributed by atoms with Crippen LogP contribution in [0, 0.1) is 6.92 Å². The molecule has 2 aromatic rings. The standard InChI is InChI=1S/C17H19F3N4O2/c1-10-8-13(25)14(15(26)22-9-16(2,3)21)23-24(10)12-7-5-4-6-11(12)17(18,19)20/h4-8H,9,21H2,1-3H3,(H,22,26). The molecule has 0 aliphatic carbocycles. The number of aromatic nitrogens is 2. The number of amides is 1. The second-order valence-corrected chi connectivity index (χ2v) is 6.60. The van der Waals surface area contributed by atoms with Crippen molar-refractivity contribution in [1.82, 2.24) is 15.1 Å². The maximum absolute atomic E-state index is 13.3. The van der Waals surface area contributed by atoms with Gasteiger partial charge in [-0.1, -0.05) is 12.1 Å². The molecule has 2 rings (SSSR count). The molecule has 0 unspecified atom stereocenters. The summed E-state index contributed by atoms with van der Waals surface area (Å²) in [7, 11) is 0. The van der Waals surface area contributed by atoms with E-state index in [0.29, 0.717) is 0 Å². The van der Waals surface area contributed by atoms with E-state index in [1.807, 2.05) is 0 Å². The monoisotopic (exact) mass is 368 g/mol. The van der Waals surface area contributed by atoms with E-state index in [-0.39, 0.29) is 17.9 Å². The number of aryl methyl sites for hydroxylation is 1. The fraction of sp³-hybridized carbons (Fsp3) is 0.353. The lowest BCUT2D eigenvalue weighted by Gasteiger charge is -2.19. The zero-order chi connectivity index (χ0) is 19.7. The molecule has 1 aromatic carbocycles. The van der Waals surface area contributed by atoms with Crippen molar-refractivity contribution in [1.29, 1.82) is 0 Å². The van der Waals surface area contributed by atoms with E-state index >= 15 is 0 Å². The first-order chi connectivity index (χ1) is 11.9. The topological polar surface area (TPSA) is 90.0 Å². The lowest BCUT2D eigenvalue weighted by atomic mass is 10.1. The van der Waals surface area contributed by atoms with Crippen LogP contribution in [0.5, 0.6) is 0 Å². The number of nitrogens with two attached hydrogens (primary N) is 1. The van der Waals surface area contributed by atoms with Crippen LogP contribution in [0.25, 0.3) is 5.69 Å². The van der Waals surface area contributed by atoms with Crippen LogP contribution in [0.2, 0.25) is 0 Å². The van der Waals surface area contributed by atoms with E-state index < -0.39 is 34.3 Å². The molecule has 0 saturated carbocycles.